The fraction of sp³-hybridized carbons (Fsp3) is 0.381. The average Bonchev–Trinajstić information content (AvgIpc) is 3.35. The van der Waals surface area contributed by atoms with Crippen LogP contribution in [0.25, 0.3) is 6.08 Å². The van der Waals surface area contributed by atoms with E-state index in [4.69, 9.17) is 4.74 Å². The molecule has 1 aromatic carbocycles. The number of fused-ring (bicyclic) bond motifs is 2. The molecule has 0 radical (unpaired) electrons. The minimum Gasteiger partial charge on any atom is -0.378 e. The molecule has 0 saturated carbocycles. The van der Waals surface area contributed by atoms with E-state index in [1.54, 1.807) is 0 Å². The largest absolute Gasteiger partial charge is 0.378 e. The first-order valence-corrected chi connectivity index (χ1v) is 9.35. The maximum Gasteiger partial charge on any atom is 0.194 e. The number of benzene rings is 1. The summed E-state index contributed by atoms with van der Waals surface area (Å²) in [6.07, 6.45) is 5.73. The number of pyridine rings is 1. The molecule has 1 saturated heterocycles. The van der Waals surface area contributed by atoms with Gasteiger partial charge < -0.3 is 19.1 Å². The van der Waals surface area contributed by atoms with Crippen molar-refractivity contribution in [3.63, 3.8) is 0 Å². The third-order valence-corrected chi connectivity index (χ3v) is 5.80. The van der Waals surface area contributed by atoms with Crippen LogP contribution in [0, 0.1) is 0 Å². The maximum absolute atomic E-state index is 12.8. The fourth-order valence-corrected chi connectivity index (χ4v) is 4.43. The van der Waals surface area contributed by atoms with Gasteiger partial charge in [-0.15, -0.1) is 0 Å². The van der Waals surface area contributed by atoms with E-state index in [1.165, 1.54) is 5.69 Å². The lowest BCUT2D eigenvalue weighted by molar-refractivity contribution is 0.122. The van der Waals surface area contributed by atoms with E-state index >= 15 is 0 Å². The highest BCUT2D eigenvalue weighted by Gasteiger charge is 2.29. The standard InChI is InChI=1S/C21H23N3O2/c1-22-19-4-2-3-17(19)20(25)18-9-10-24(21(18)22)16-7-5-15(6-8-16)23-11-13-26-14-12-23/h2-3,5-8H,4,9-14H2,1H3. The van der Waals surface area contributed by atoms with Crippen molar-refractivity contribution >= 4 is 23.3 Å². The fourth-order valence-electron chi connectivity index (χ4n) is 4.43. The smallest absolute Gasteiger partial charge is 0.194 e. The summed E-state index contributed by atoms with van der Waals surface area (Å²) in [4.78, 5) is 17.5. The van der Waals surface area contributed by atoms with Crippen molar-refractivity contribution in [2.75, 3.05) is 42.6 Å². The lowest BCUT2D eigenvalue weighted by Gasteiger charge is -2.29. The first-order valence-electron chi connectivity index (χ1n) is 9.35. The molecule has 5 rings (SSSR count). The topological polar surface area (TPSA) is 37.7 Å². The van der Waals surface area contributed by atoms with Crippen molar-refractivity contribution in [2.24, 2.45) is 7.05 Å². The summed E-state index contributed by atoms with van der Waals surface area (Å²) >= 11 is 0. The summed E-state index contributed by atoms with van der Waals surface area (Å²) in [7, 11) is 2.09. The van der Waals surface area contributed by atoms with Crippen LogP contribution in [0.4, 0.5) is 17.2 Å². The Balaban J connectivity index is 1.50. The highest BCUT2D eigenvalue weighted by Crippen LogP contribution is 2.36. The molecule has 5 nitrogen and oxygen atoms in total. The molecule has 1 aromatic heterocycles. The lowest BCUT2D eigenvalue weighted by Crippen LogP contribution is -2.36. The number of hydrogen-bond acceptors (Lipinski definition) is 4. The van der Waals surface area contributed by atoms with Gasteiger partial charge in [-0.2, -0.15) is 0 Å². The van der Waals surface area contributed by atoms with Gasteiger partial charge in [0.1, 0.15) is 5.82 Å². The Morgan fingerprint density at radius 2 is 1.73 bits per heavy atom. The summed E-state index contributed by atoms with van der Waals surface area (Å²) in [6.45, 7) is 4.34. The highest BCUT2D eigenvalue weighted by atomic mass is 16.5. The van der Waals surface area contributed by atoms with Crippen LogP contribution in [0.5, 0.6) is 0 Å². The normalized spacial score (nSPS) is 18.3. The monoisotopic (exact) mass is 349 g/mol. The molecule has 5 heteroatoms. The van der Waals surface area contributed by atoms with E-state index in [0.717, 1.165) is 74.0 Å². The van der Waals surface area contributed by atoms with Gasteiger partial charge >= 0.3 is 0 Å². The Labute approximate surface area is 153 Å². The van der Waals surface area contributed by atoms with Gasteiger partial charge in [0.2, 0.25) is 0 Å². The number of ether oxygens (including phenoxy) is 1. The molecular formula is C21H23N3O2. The molecule has 0 bridgehead atoms. The Bertz CT molecular complexity index is 937. The van der Waals surface area contributed by atoms with Gasteiger partial charge in [-0.05, 0) is 30.7 Å². The second-order valence-corrected chi connectivity index (χ2v) is 7.17. The van der Waals surface area contributed by atoms with E-state index < -0.39 is 0 Å². The molecular weight excluding hydrogens is 326 g/mol. The number of hydrogen-bond donors (Lipinski definition) is 0. The van der Waals surface area contributed by atoms with Crippen molar-refractivity contribution in [2.45, 2.75) is 12.8 Å². The Morgan fingerprint density at radius 3 is 2.50 bits per heavy atom. The van der Waals surface area contributed by atoms with E-state index in [2.05, 4.69) is 51.8 Å². The van der Waals surface area contributed by atoms with Crippen LogP contribution in [0.15, 0.2) is 35.1 Å². The predicted octanol–water partition coefficient (Wildman–Crippen LogP) is 2.49. The van der Waals surface area contributed by atoms with Crippen LogP contribution >= 0.6 is 0 Å². The Morgan fingerprint density at radius 1 is 1.00 bits per heavy atom. The molecule has 0 spiro atoms. The molecule has 1 aliphatic carbocycles. The van der Waals surface area contributed by atoms with E-state index in [1.807, 2.05) is 6.08 Å². The lowest BCUT2D eigenvalue weighted by atomic mass is 10.1. The first kappa shape index (κ1) is 15.7. The molecule has 0 N–H and O–H groups in total. The van der Waals surface area contributed by atoms with Gasteiger partial charge in [0, 0.05) is 61.3 Å². The maximum atomic E-state index is 12.8. The zero-order valence-corrected chi connectivity index (χ0v) is 15.1. The summed E-state index contributed by atoms with van der Waals surface area (Å²) in [5, 5.41) is 0. The predicted molar refractivity (Wildman–Crippen MR) is 105 cm³/mol. The summed E-state index contributed by atoms with van der Waals surface area (Å²) in [6, 6.07) is 8.73. The third kappa shape index (κ3) is 2.31. The molecule has 3 aliphatic rings. The SMILES string of the molecule is Cn1c2c(c(=O)c3c1N(c1ccc(N4CCOCC4)cc1)CC3)C=CC2. The molecule has 0 atom stereocenters. The third-order valence-electron chi connectivity index (χ3n) is 5.80. The highest BCUT2D eigenvalue weighted by molar-refractivity contribution is 5.72. The Kier molecular flexibility index (Phi) is 3.64. The van der Waals surface area contributed by atoms with Crippen LogP contribution in [0.2, 0.25) is 0 Å². The van der Waals surface area contributed by atoms with Crippen LogP contribution in [0.3, 0.4) is 0 Å². The minimum atomic E-state index is 0.217. The summed E-state index contributed by atoms with van der Waals surface area (Å²) in [5.41, 5.74) is 5.58. The molecule has 0 amide bonds. The van der Waals surface area contributed by atoms with Crippen molar-refractivity contribution in [3.05, 3.63) is 57.4 Å². The summed E-state index contributed by atoms with van der Waals surface area (Å²) < 4.78 is 7.66. The summed E-state index contributed by atoms with van der Waals surface area (Å²) in [5.74, 6) is 1.07. The second kappa shape index (κ2) is 6.02. The molecule has 26 heavy (non-hydrogen) atoms. The van der Waals surface area contributed by atoms with Gasteiger partial charge in [0.25, 0.3) is 0 Å². The molecule has 2 aromatic rings. The van der Waals surface area contributed by atoms with Gasteiger partial charge in [-0.3, -0.25) is 4.79 Å². The van der Waals surface area contributed by atoms with Gasteiger partial charge in [-0.1, -0.05) is 12.2 Å². The van der Waals surface area contributed by atoms with E-state index in [0.29, 0.717) is 0 Å². The second-order valence-electron chi connectivity index (χ2n) is 7.17. The average molecular weight is 349 g/mol. The van der Waals surface area contributed by atoms with Crippen molar-refractivity contribution in [3.8, 4) is 0 Å². The van der Waals surface area contributed by atoms with E-state index in [9.17, 15) is 4.79 Å². The van der Waals surface area contributed by atoms with Gasteiger partial charge in [-0.25, -0.2) is 0 Å². The zero-order valence-electron chi connectivity index (χ0n) is 15.1. The quantitative estimate of drug-likeness (QED) is 0.835. The molecule has 134 valence electrons. The van der Waals surface area contributed by atoms with Crippen LogP contribution < -0.4 is 15.2 Å². The Hall–Kier alpha value is -2.53. The van der Waals surface area contributed by atoms with Gasteiger partial charge in [0.15, 0.2) is 5.43 Å². The number of rotatable bonds is 2. The number of aromatic nitrogens is 1. The molecule has 1 fully saturated rings. The molecule has 3 heterocycles. The van der Waals surface area contributed by atoms with Crippen LogP contribution in [0.1, 0.15) is 16.8 Å². The van der Waals surface area contributed by atoms with Crippen LogP contribution in [-0.4, -0.2) is 37.4 Å². The number of nitrogens with zero attached hydrogens (tertiary/aromatic N) is 3. The molecule has 2 aliphatic heterocycles. The minimum absolute atomic E-state index is 0.217. The van der Waals surface area contributed by atoms with E-state index in [-0.39, 0.29) is 5.43 Å². The first-order chi connectivity index (χ1) is 12.7. The van der Waals surface area contributed by atoms with Crippen molar-refractivity contribution < 1.29 is 4.74 Å². The van der Waals surface area contributed by atoms with Gasteiger partial charge in [0.05, 0.1) is 13.2 Å². The molecule has 0 unspecified atom stereocenters. The van der Waals surface area contributed by atoms with Crippen molar-refractivity contribution in [1.29, 1.82) is 0 Å². The van der Waals surface area contributed by atoms with Crippen molar-refractivity contribution in [1.82, 2.24) is 4.57 Å². The zero-order chi connectivity index (χ0) is 17.7. The number of anilines is 3. The van der Waals surface area contributed by atoms with Crippen LogP contribution in [-0.2, 0) is 24.6 Å². The number of morpholine rings is 1. The number of allylic oxidation sites excluding steroid dienone is 1.